The van der Waals surface area contributed by atoms with E-state index in [-0.39, 0.29) is 24.2 Å². The SMILES string of the molecule is CCNC(C)c1ccc(F)cc1OCc1cccc(O)c1. The molecule has 2 aromatic carbocycles. The minimum atomic E-state index is -0.326. The zero-order valence-corrected chi connectivity index (χ0v) is 12.3. The molecule has 0 bridgehead atoms. The number of halogens is 1. The van der Waals surface area contributed by atoms with Crippen molar-refractivity contribution >= 4 is 0 Å². The molecule has 0 amide bonds. The van der Waals surface area contributed by atoms with Crippen LogP contribution in [0.15, 0.2) is 42.5 Å². The first-order valence-electron chi connectivity index (χ1n) is 7.03. The lowest BCUT2D eigenvalue weighted by Crippen LogP contribution is -2.18. The number of ether oxygens (including phenoxy) is 1. The van der Waals surface area contributed by atoms with E-state index in [4.69, 9.17) is 4.74 Å². The second-order valence-electron chi connectivity index (χ2n) is 4.92. The number of aromatic hydroxyl groups is 1. The van der Waals surface area contributed by atoms with Crippen LogP contribution in [0.25, 0.3) is 0 Å². The van der Waals surface area contributed by atoms with Crippen molar-refractivity contribution in [2.24, 2.45) is 0 Å². The van der Waals surface area contributed by atoms with Crippen molar-refractivity contribution in [1.29, 1.82) is 0 Å². The molecule has 0 heterocycles. The van der Waals surface area contributed by atoms with E-state index < -0.39 is 0 Å². The van der Waals surface area contributed by atoms with E-state index in [0.717, 1.165) is 17.7 Å². The molecular formula is C17H20FNO2. The van der Waals surface area contributed by atoms with Gasteiger partial charge in [0.1, 0.15) is 23.9 Å². The lowest BCUT2D eigenvalue weighted by Gasteiger charge is -2.18. The number of phenols is 1. The number of hydrogen-bond donors (Lipinski definition) is 2. The maximum atomic E-state index is 13.4. The van der Waals surface area contributed by atoms with Crippen molar-refractivity contribution in [3.05, 3.63) is 59.4 Å². The largest absolute Gasteiger partial charge is 0.508 e. The molecule has 2 N–H and O–H groups in total. The summed E-state index contributed by atoms with van der Waals surface area (Å²) in [6, 6.07) is 11.5. The molecule has 0 saturated heterocycles. The first kappa shape index (κ1) is 15.3. The fourth-order valence-corrected chi connectivity index (χ4v) is 2.21. The maximum Gasteiger partial charge on any atom is 0.127 e. The Balaban J connectivity index is 2.16. The van der Waals surface area contributed by atoms with Crippen LogP contribution in [0.3, 0.4) is 0 Å². The molecule has 0 fully saturated rings. The summed E-state index contributed by atoms with van der Waals surface area (Å²) in [6.07, 6.45) is 0. The van der Waals surface area contributed by atoms with Crippen molar-refractivity contribution in [3.63, 3.8) is 0 Å². The predicted molar refractivity (Wildman–Crippen MR) is 80.9 cm³/mol. The van der Waals surface area contributed by atoms with Crippen LogP contribution in [0.1, 0.15) is 31.0 Å². The van der Waals surface area contributed by atoms with Crippen LogP contribution in [-0.2, 0) is 6.61 Å². The Kier molecular flexibility index (Phi) is 5.17. The Bertz CT molecular complexity index is 601. The fourth-order valence-electron chi connectivity index (χ4n) is 2.21. The van der Waals surface area contributed by atoms with E-state index in [2.05, 4.69) is 5.32 Å². The molecule has 0 spiro atoms. The van der Waals surface area contributed by atoms with E-state index in [0.29, 0.717) is 5.75 Å². The highest BCUT2D eigenvalue weighted by Crippen LogP contribution is 2.27. The second kappa shape index (κ2) is 7.09. The van der Waals surface area contributed by atoms with Crippen LogP contribution in [0.5, 0.6) is 11.5 Å². The van der Waals surface area contributed by atoms with Crippen LogP contribution < -0.4 is 10.1 Å². The minimum Gasteiger partial charge on any atom is -0.508 e. The molecule has 0 aromatic heterocycles. The summed E-state index contributed by atoms with van der Waals surface area (Å²) in [7, 11) is 0. The molecule has 4 heteroatoms. The Morgan fingerprint density at radius 1 is 1.24 bits per heavy atom. The molecule has 21 heavy (non-hydrogen) atoms. The van der Waals surface area contributed by atoms with Gasteiger partial charge in [-0.1, -0.05) is 25.1 Å². The second-order valence-corrected chi connectivity index (χ2v) is 4.92. The predicted octanol–water partition coefficient (Wildman–Crippen LogP) is 3.78. The summed E-state index contributed by atoms with van der Waals surface area (Å²) in [5.74, 6) is 0.386. The van der Waals surface area contributed by atoms with Crippen molar-refractivity contribution < 1.29 is 14.2 Å². The molecule has 3 nitrogen and oxygen atoms in total. The molecule has 1 unspecified atom stereocenters. The van der Waals surface area contributed by atoms with Gasteiger partial charge in [-0.2, -0.15) is 0 Å². The maximum absolute atomic E-state index is 13.4. The molecule has 112 valence electrons. The highest BCUT2D eigenvalue weighted by atomic mass is 19.1. The molecule has 2 aromatic rings. The average Bonchev–Trinajstić information content (AvgIpc) is 2.45. The van der Waals surface area contributed by atoms with Gasteiger partial charge in [0.25, 0.3) is 0 Å². The number of nitrogens with one attached hydrogen (secondary N) is 1. The van der Waals surface area contributed by atoms with Gasteiger partial charge in [0.05, 0.1) is 0 Å². The van der Waals surface area contributed by atoms with Crippen LogP contribution in [-0.4, -0.2) is 11.7 Å². The summed E-state index contributed by atoms with van der Waals surface area (Å²) < 4.78 is 19.2. The highest BCUT2D eigenvalue weighted by molar-refractivity contribution is 5.37. The highest BCUT2D eigenvalue weighted by Gasteiger charge is 2.12. The first-order chi connectivity index (χ1) is 10.1. The van der Waals surface area contributed by atoms with Gasteiger partial charge in [-0.3, -0.25) is 0 Å². The van der Waals surface area contributed by atoms with Crippen LogP contribution in [0.2, 0.25) is 0 Å². The smallest absolute Gasteiger partial charge is 0.127 e. The molecule has 2 rings (SSSR count). The lowest BCUT2D eigenvalue weighted by atomic mass is 10.1. The van der Waals surface area contributed by atoms with Crippen molar-refractivity contribution in [2.75, 3.05) is 6.54 Å². The summed E-state index contributed by atoms with van der Waals surface area (Å²) >= 11 is 0. The number of benzene rings is 2. The normalized spacial score (nSPS) is 12.1. The van der Waals surface area contributed by atoms with Crippen LogP contribution >= 0.6 is 0 Å². The summed E-state index contributed by atoms with van der Waals surface area (Å²) in [6.45, 7) is 5.14. The van der Waals surface area contributed by atoms with Crippen LogP contribution in [0.4, 0.5) is 4.39 Å². The minimum absolute atomic E-state index is 0.0785. The third kappa shape index (κ3) is 4.20. The standard InChI is InChI=1S/C17H20FNO2/c1-3-19-12(2)16-8-7-14(18)10-17(16)21-11-13-5-4-6-15(20)9-13/h4-10,12,19-20H,3,11H2,1-2H3. The zero-order valence-electron chi connectivity index (χ0n) is 12.3. The third-order valence-corrected chi connectivity index (χ3v) is 3.26. The van der Waals surface area contributed by atoms with Crippen molar-refractivity contribution in [2.45, 2.75) is 26.5 Å². The van der Waals surface area contributed by atoms with Gasteiger partial charge in [-0.25, -0.2) is 4.39 Å². The van der Waals surface area contributed by atoms with Gasteiger partial charge < -0.3 is 15.2 Å². The van der Waals surface area contributed by atoms with E-state index in [1.165, 1.54) is 12.1 Å². The molecule has 0 aliphatic carbocycles. The Morgan fingerprint density at radius 3 is 2.76 bits per heavy atom. The van der Waals surface area contributed by atoms with E-state index in [9.17, 15) is 9.50 Å². The molecule has 0 aliphatic rings. The Labute approximate surface area is 124 Å². The van der Waals surface area contributed by atoms with Crippen molar-refractivity contribution in [1.82, 2.24) is 5.32 Å². The molecule has 0 radical (unpaired) electrons. The summed E-state index contributed by atoms with van der Waals surface area (Å²) in [5.41, 5.74) is 1.75. The Hall–Kier alpha value is -2.07. The van der Waals surface area contributed by atoms with Gasteiger partial charge in [-0.05, 0) is 37.2 Å². The summed E-state index contributed by atoms with van der Waals surface area (Å²) in [5, 5.41) is 12.7. The molecule has 0 aliphatic heterocycles. The topological polar surface area (TPSA) is 41.5 Å². The molecule has 0 saturated carbocycles. The van der Waals surface area contributed by atoms with Gasteiger partial charge >= 0.3 is 0 Å². The monoisotopic (exact) mass is 289 g/mol. The zero-order chi connectivity index (χ0) is 15.2. The van der Waals surface area contributed by atoms with E-state index in [1.54, 1.807) is 24.3 Å². The van der Waals surface area contributed by atoms with Crippen LogP contribution in [0, 0.1) is 5.82 Å². The number of rotatable bonds is 6. The molecule has 1 atom stereocenters. The quantitative estimate of drug-likeness (QED) is 0.850. The van der Waals surface area contributed by atoms with Gasteiger partial charge in [0.15, 0.2) is 0 Å². The number of phenolic OH excluding ortho intramolecular Hbond substituents is 1. The van der Waals surface area contributed by atoms with Crippen molar-refractivity contribution in [3.8, 4) is 11.5 Å². The first-order valence-corrected chi connectivity index (χ1v) is 7.03. The Morgan fingerprint density at radius 2 is 2.05 bits per heavy atom. The van der Waals surface area contributed by atoms with Gasteiger partial charge in [0, 0.05) is 17.7 Å². The number of hydrogen-bond acceptors (Lipinski definition) is 3. The van der Waals surface area contributed by atoms with Gasteiger partial charge in [0.2, 0.25) is 0 Å². The molecular weight excluding hydrogens is 269 g/mol. The van der Waals surface area contributed by atoms with E-state index in [1.807, 2.05) is 19.9 Å². The third-order valence-electron chi connectivity index (χ3n) is 3.26. The van der Waals surface area contributed by atoms with Gasteiger partial charge in [-0.15, -0.1) is 0 Å². The van der Waals surface area contributed by atoms with E-state index >= 15 is 0 Å². The lowest BCUT2D eigenvalue weighted by molar-refractivity contribution is 0.297. The average molecular weight is 289 g/mol. The fraction of sp³-hybridized carbons (Fsp3) is 0.294. The summed E-state index contributed by atoms with van der Waals surface area (Å²) in [4.78, 5) is 0.